The zero-order valence-corrected chi connectivity index (χ0v) is 7.33. The molecule has 2 N–H and O–H groups in total. The monoisotopic (exact) mass is 189 g/mol. The van der Waals surface area contributed by atoms with Crippen LogP contribution in [-0.2, 0) is 14.3 Å². The Hall–Kier alpha value is -0.130. The summed E-state index contributed by atoms with van der Waals surface area (Å²) in [4.78, 5) is 0. The Balaban J connectivity index is 2.11. The molecule has 68 valence electrons. The van der Waals surface area contributed by atoms with Crippen LogP contribution in [0.1, 0.15) is 12.8 Å². The molecule has 0 aromatic carbocycles. The van der Waals surface area contributed by atoms with E-state index in [0.29, 0.717) is 5.92 Å². The Morgan fingerprint density at radius 2 is 2.08 bits per heavy atom. The van der Waals surface area contributed by atoms with Crippen molar-refractivity contribution in [2.24, 2.45) is 17.6 Å². The van der Waals surface area contributed by atoms with E-state index in [9.17, 15) is 8.42 Å². The quantitative estimate of drug-likeness (QED) is 0.519. The van der Waals surface area contributed by atoms with Crippen molar-refractivity contribution in [2.75, 3.05) is 0 Å². The minimum Gasteiger partial charge on any atom is -0.325 e. The van der Waals surface area contributed by atoms with Gasteiger partial charge in [-0.1, -0.05) is 0 Å². The first-order valence-corrected chi connectivity index (χ1v) is 5.74. The average molecular weight is 189 g/mol. The molecule has 0 radical (unpaired) electrons. The Morgan fingerprint density at radius 1 is 1.33 bits per heavy atom. The number of hydrogen-bond acceptors (Lipinski definition) is 4. The van der Waals surface area contributed by atoms with E-state index in [1.807, 2.05) is 0 Å². The Kier molecular flexibility index (Phi) is 1.13. The molecule has 5 atom stereocenters. The minimum atomic E-state index is -3.24. The van der Waals surface area contributed by atoms with E-state index in [1.165, 1.54) is 0 Å². The number of fused-ring (bicyclic) bond motifs is 1. The smallest absolute Gasteiger partial charge is 0.270 e. The highest BCUT2D eigenvalue weighted by Gasteiger charge is 2.62. The van der Waals surface area contributed by atoms with Gasteiger partial charge in [0.2, 0.25) is 0 Å². The highest BCUT2D eigenvalue weighted by atomic mass is 32.2. The fourth-order valence-corrected chi connectivity index (χ4v) is 4.88. The first kappa shape index (κ1) is 7.29. The van der Waals surface area contributed by atoms with Crippen molar-refractivity contribution >= 4 is 10.1 Å². The van der Waals surface area contributed by atoms with Crippen LogP contribution >= 0.6 is 0 Å². The van der Waals surface area contributed by atoms with Crippen LogP contribution in [0.4, 0.5) is 0 Å². The fourth-order valence-electron chi connectivity index (χ4n) is 2.98. The van der Waals surface area contributed by atoms with Crippen LogP contribution in [0.2, 0.25) is 0 Å². The molecule has 0 amide bonds. The predicted octanol–water partition coefficient (Wildman–Crippen LogP) is -0.549. The van der Waals surface area contributed by atoms with Crippen molar-refractivity contribution in [1.29, 1.82) is 0 Å². The third-order valence-corrected chi connectivity index (χ3v) is 5.32. The molecule has 3 aliphatic rings. The van der Waals surface area contributed by atoms with E-state index in [4.69, 9.17) is 9.92 Å². The topological polar surface area (TPSA) is 69.4 Å². The molecular formula is C7H11NO3S. The third-order valence-electron chi connectivity index (χ3n) is 3.55. The Labute approximate surface area is 71.2 Å². The van der Waals surface area contributed by atoms with Crippen LogP contribution in [0, 0.1) is 11.8 Å². The Morgan fingerprint density at radius 3 is 2.67 bits per heavy atom. The summed E-state index contributed by atoms with van der Waals surface area (Å²) in [6.45, 7) is 0. The van der Waals surface area contributed by atoms with Gasteiger partial charge in [-0.2, -0.15) is 8.42 Å². The lowest BCUT2D eigenvalue weighted by atomic mass is 9.93. The summed E-state index contributed by atoms with van der Waals surface area (Å²) in [5.74, 6) is 0.595. The van der Waals surface area contributed by atoms with Gasteiger partial charge in [-0.3, -0.25) is 4.18 Å². The van der Waals surface area contributed by atoms with Gasteiger partial charge in [-0.05, 0) is 18.8 Å². The number of nitrogens with two attached hydrogens (primary N) is 1. The zero-order chi connectivity index (χ0) is 8.51. The lowest BCUT2D eigenvalue weighted by molar-refractivity contribution is 0.172. The molecule has 5 unspecified atom stereocenters. The van der Waals surface area contributed by atoms with Crippen LogP contribution < -0.4 is 5.73 Å². The molecule has 0 aromatic rings. The molecule has 4 nitrogen and oxygen atoms in total. The van der Waals surface area contributed by atoms with Crippen molar-refractivity contribution in [1.82, 2.24) is 0 Å². The van der Waals surface area contributed by atoms with Crippen molar-refractivity contribution in [3.63, 3.8) is 0 Å². The molecule has 1 saturated heterocycles. The summed E-state index contributed by atoms with van der Waals surface area (Å²) in [5, 5.41) is -0.229. The third kappa shape index (κ3) is 0.639. The largest absolute Gasteiger partial charge is 0.325 e. The molecule has 12 heavy (non-hydrogen) atoms. The van der Waals surface area contributed by atoms with E-state index in [1.54, 1.807) is 0 Å². The molecule has 2 aliphatic carbocycles. The molecule has 3 fully saturated rings. The van der Waals surface area contributed by atoms with Gasteiger partial charge in [0.25, 0.3) is 10.1 Å². The van der Waals surface area contributed by atoms with E-state index < -0.39 is 10.1 Å². The highest BCUT2D eigenvalue weighted by Crippen LogP contribution is 2.53. The van der Waals surface area contributed by atoms with Gasteiger partial charge < -0.3 is 5.73 Å². The molecule has 1 aliphatic heterocycles. The standard InChI is InChI=1S/C7H11NO3S/c8-6-3-1-4-5(2-3)12(9,10)11-7(4)6/h3-7H,1-2,8H2. The molecule has 1 heterocycles. The van der Waals surface area contributed by atoms with Gasteiger partial charge in [-0.25, -0.2) is 0 Å². The van der Waals surface area contributed by atoms with E-state index in [-0.39, 0.29) is 23.3 Å². The summed E-state index contributed by atoms with van der Waals surface area (Å²) in [6, 6.07) is -0.0384. The highest BCUT2D eigenvalue weighted by molar-refractivity contribution is 7.87. The summed E-state index contributed by atoms with van der Waals surface area (Å²) >= 11 is 0. The van der Waals surface area contributed by atoms with Crippen LogP contribution in [0.15, 0.2) is 0 Å². The van der Waals surface area contributed by atoms with Gasteiger partial charge in [0.05, 0.1) is 11.4 Å². The molecule has 5 heteroatoms. The van der Waals surface area contributed by atoms with Gasteiger partial charge in [0.1, 0.15) is 0 Å². The second-order valence-corrected chi connectivity index (χ2v) is 5.85. The normalized spacial score (nSPS) is 59.6. The van der Waals surface area contributed by atoms with Crippen molar-refractivity contribution in [2.45, 2.75) is 30.2 Å². The summed E-state index contributed by atoms with van der Waals surface area (Å²) in [6.07, 6.45) is 1.49. The van der Waals surface area contributed by atoms with Gasteiger partial charge in [0.15, 0.2) is 0 Å². The van der Waals surface area contributed by atoms with E-state index in [2.05, 4.69) is 0 Å². The lowest BCUT2D eigenvalue weighted by Crippen LogP contribution is -2.40. The van der Waals surface area contributed by atoms with E-state index >= 15 is 0 Å². The maximum absolute atomic E-state index is 11.3. The molecule has 0 spiro atoms. The van der Waals surface area contributed by atoms with Crippen molar-refractivity contribution in [3.8, 4) is 0 Å². The predicted molar refractivity (Wildman–Crippen MR) is 41.8 cm³/mol. The number of rotatable bonds is 0. The minimum absolute atomic E-state index is 0.0384. The first-order valence-electron chi connectivity index (χ1n) is 4.27. The van der Waals surface area contributed by atoms with Crippen molar-refractivity contribution in [3.05, 3.63) is 0 Å². The SMILES string of the molecule is NC1C2CC3C1OS(=O)(=O)C3C2. The van der Waals surface area contributed by atoms with Gasteiger partial charge in [-0.15, -0.1) is 0 Å². The summed E-state index contributed by atoms with van der Waals surface area (Å²) in [5.41, 5.74) is 5.83. The van der Waals surface area contributed by atoms with Crippen molar-refractivity contribution < 1.29 is 12.6 Å². The summed E-state index contributed by atoms with van der Waals surface area (Å²) in [7, 11) is -3.24. The summed E-state index contributed by atoms with van der Waals surface area (Å²) < 4.78 is 27.7. The molecule has 2 bridgehead atoms. The molecule has 0 aromatic heterocycles. The maximum atomic E-state index is 11.3. The molecule has 2 saturated carbocycles. The van der Waals surface area contributed by atoms with Gasteiger partial charge in [0, 0.05) is 12.0 Å². The number of hydrogen-bond donors (Lipinski definition) is 1. The van der Waals surface area contributed by atoms with E-state index in [0.717, 1.165) is 12.8 Å². The van der Waals surface area contributed by atoms with Crippen LogP contribution in [0.25, 0.3) is 0 Å². The lowest BCUT2D eigenvalue weighted by Gasteiger charge is -2.19. The van der Waals surface area contributed by atoms with Crippen LogP contribution in [0.3, 0.4) is 0 Å². The maximum Gasteiger partial charge on any atom is 0.270 e. The average Bonchev–Trinajstić information content (AvgIpc) is 2.54. The van der Waals surface area contributed by atoms with Crippen LogP contribution in [0.5, 0.6) is 0 Å². The first-order chi connectivity index (χ1) is 5.59. The van der Waals surface area contributed by atoms with Crippen LogP contribution in [-0.4, -0.2) is 25.8 Å². The fraction of sp³-hybridized carbons (Fsp3) is 1.00. The second kappa shape index (κ2) is 1.86. The molecule has 3 rings (SSSR count). The molecular weight excluding hydrogens is 178 g/mol. The second-order valence-electron chi connectivity index (χ2n) is 4.06. The Bertz CT molecular complexity index is 326. The van der Waals surface area contributed by atoms with Gasteiger partial charge >= 0.3 is 0 Å². The zero-order valence-electron chi connectivity index (χ0n) is 6.51.